The number of hydrogen-bond acceptors (Lipinski definition) is 6. The third-order valence-electron chi connectivity index (χ3n) is 3.69. The highest BCUT2D eigenvalue weighted by Crippen LogP contribution is 2.29. The van der Waals surface area contributed by atoms with Gasteiger partial charge in [-0.1, -0.05) is 24.3 Å². The van der Waals surface area contributed by atoms with E-state index in [-0.39, 0.29) is 35.4 Å². The average molecular weight is 371 g/mol. The summed E-state index contributed by atoms with van der Waals surface area (Å²) in [4.78, 5) is 7.82. The molecule has 0 atom stereocenters. The molecule has 9 heteroatoms. The maximum Gasteiger partial charge on any atom is 0.222 e. The van der Waals surface area contributed by atoms with Crippen LogP contribution < -0.4 is 16.2 Å². The SMILES string of the molecule is N#Cc1c(N)nc(N)nc1-c1ccccc1COc1cc(F)c(F)c(F)c1. The van der Waals surface area contributed by atoms with Gasteiger partial charge < -0.3 is 16.2 Å². The highest BCUT2D eigenvalue weighted by molar-refractivity contribution is 5.75. The topological polar surface area (TPSA) is 111 Å². The van der Waals surface area contributed by atoms with Crippen molar-refractivity contribution in [1.29, 1.82) is 5.26 Å². The van der Waals surface area contributed by atoms with Crippen LogP contribution >= 0.6 is 0 Å². The van der Waals surface area contributed by atoms with Crippen LogP contribution in [0.15, 0.2) is 36.4 Å². The maximum atomic E-state index is 13.3. The summed E-state index contributed by atoms with van der Waals surface area (Å²) in [5, 5.41) is 9.34. The van der Waals surface area contributed by atoms with E-state index in [2.05, 4.69) is 9.97 Å². The molecule has 0 aliphatic heterocycles. The molecule has 1 aromatic heterocycles. The van der Waals surface area contributed by atoms with Crippen LogP contribution in [0.2, 0.25) is 0 Å². The van der Waals surface area contributed by atoms with Gasteiger partial charge in [0.05, 0.1) is 5.69 Å². The Kier molecular flexibility index (Phi) is 4.81. The fourth-order valence-electron chi connectivity index (χ4n) is 2.46. The summed E-state index contributed by atoms with van der Waals surface area (Å²) in [6.07, 6.45) is 0. The molecule has 0 radical (unpaired) electrons. The van der Waals surface area contributed by atoms with Gasteiger partial charge in [0.2, 0.25) is 5.95 Å². The lowest BCUT2D eigenvalue weighted by atomic mass is 10.0. The van der Waals surface area contributed by atoms with Crippen LogP contribution in [0, 0.1) is 28.8 Å². The molecule has 0 saturated carbocycles. The lowest BCUT2D eigenvalue weighted by Crippen LogP contribution is -2.07. The second kappa shape index (κ2) is 7.21. The van der Waals surface area contributed by atoms with Crippen molar-refractivity contribution in [2.24, 2.45) is 0 Å². The quantitative estimate of drug-likeness (QED) is 0.682. The first kappa shape index (κ1) is 18.0. The van der Waals surface area contributed by atoms with Gasteiger partial charge in [0.25, 0.3) is 0 Å². The summed E-state index contributed by atoms with van der Waals surface area (Å²) in [5.74, 6) is -4.67. The van der Waals surface area contributed by atoms with Crippen molar-refractivity contribution in [1.82, 2.24) is 9.97 Å². The Morgan fingerprint density at radius 1 is 1.04 bits per heavy atom. The van der Waals surface area contributed by atoms with Gasteiger partial charge >= 0.3 is 0 Å². The monoisotopic (exact) mass is 371 g/mol. The molecule has 2 aromatic carbocycles. The van der Waals surface area contributed by atoms with E-state index in [4.69, 9.17) is 16.2 Å². The number of nitrogens with zero attached hydrogens (tertiary/aromatic N) is 3. The van der Waals surface area contributed by atoms with Crippen LogP contribution in [0.3, 0.4) is 0 Å². The second-order valence-electron chi connectivity index (χ2n) is 5.45. The molecule has 0 aliphatic carbocycles. The van der Waals surface area contributed by atoms with E-state index in [9.17, 15) is 18.4 Å². The lowest BCUT2D eigenvalue weighted by Gasteiger charge is -2.13. The zero-order chi connectivity index (χ0) is 19.6. The van der Waals surface area contributed by atoms with Gasteiger partial charge in [0.15, 0.2) is 17.5 Å². The van der Waals surface area contributed by atoms with E-state index < -0.39 is 17.5 Å². The lowest BCUT2D eigenvalue weighted by molar-refractivity contribution is 0.300. The molecule has 0 saturated heterocycles. The van der Waals surface area contributed by atoms with Crippen molar-refractivity contribution in [3.63, 3.8) is 0 Å². The summed E-state index contributed by atoms with van der Waals surface area (Å²) < 4.78 is 45.1. The highest BCUT2D eigenvalue weighted by Gasteiger charge is 2.17. The first-order valence-electron chi connectivity index (χ1n) is 7.59. The molecule has 27 heavy (non-hydrogen) atoms. The van der Waals surface area contributed by atoms with Crippen molar-refractivity contribution in [2.45, 2.75) is 6.61 Å². The molecule has 1 heterocycles. The van der Waals surface area contributed by atoms with Gasteiger partial charge in [-0.2, -0.15) is 10.2 Å². The Morgan fingerprint density at radius 3 is 2.37 bits per heavy atom. The van der Waals surface area contributed by atoms with Crippen LogP contribution in [-0.4, -0.2) is 9.97 Å². The number of nitrogens with two attached hydrogens (primary N) is 2. The van der Waals surface area contributed by atoms with E-state index in [0.717, 1.165) is 12.1 Å². The Balaban J connectivity index is 1.98. The van der Waals surface area contributed by atoms with Crippen LogP contribution in [0.25, 0.3) is 11.3 Å². The predicted molar refractivity (Wildman–Crippen MR) is 91.7 cm³/mol. The van der Waals surface area contributed by atoms with E-state index in [1.807, 2.05) is 6.07 Å². The Labute approximate surface area is 151 Å². The number of aromatic nitrogens is 2. The summed E-state index contributed by atoms with van der Waals surface area (Å²) >= 11 is 0. The zero-order valence-corrected chi connectivity index (χ0v) is 13.7. The molecule has 3 aromatic rings. The molecule has 0 fully saturated rings. The minimum absolute atomic E-state index is 0.0375. The molecule has 0 aliphatic rings. The number of ether oxygens (including phenoxy) is 1. The largest absolute Gasteiger partial charge is 0.489 e. The molecule has 136 valence electrons. The Bertz CT molecular complexity index is 1040. The summed E-state index contributed by atoms with van der Waals surface area (Å²) in [5.41, 5.74) is 12.6. The summed E-state index contributed by atoms with van der Waals surface area (Å²) in [7, 11) is 0. The Morgan fingerprint density at radius 2 is 1.70 bits per heavy atom. The minimum Gasteiger partial charge on any atom is -0.489 e. The maximum absolute atomic E-state index is 13.3. The molecule has 0 unspecified atom stereocenters. The molecular formula is C18H12F3N5O. The number of benzene rings is 2. The third kappa shape index (κ3) is 3.59. The van der Waals surface area contributed by atoms with Crippen molar-refractivity contribution in [3.05, 3.63) is 65.0 Å². The van der Waals surface area contributed by atoms with Gasteiger partial charge in [0.1, 0.15) is 29.8 Å². The number of anilines is 2. The molecular weight excluding hydrogens is 359 g/mol. The van der Waals surface area contributed by atoms with Gasteiger partial charge in [-0.05, 0) is 5.56 Å². The number of nitriles is 1. The fraction of sp³-hybridized carbons (Fsp3) is 0.0556. The molecule has 0 amide bonds. The molecule has 0 spiro atoms. The smallest absolute Gasteiger partial charge is 0.222 e. The van der Waals surface area contributed by atoms with Gasteiger partial charge in [-0.25, -0.2) is 18.2 Å². The minimum atomic E-state index is -1.58. The molecule has 4 N–H and O–H groups in total. The molecule has 6 nitrogen and oxygen atoms in total. The second-order valence-corrected chi connectivity index (χ2v) is 5.45. The number of halogens is 3. The summed E-state index contributed by atoms with van der Waals surface area (Å²) in [6.45, 7) is -0.130. The molecule has 0 bridgehead atoms. The summed E-state index contributed by atoms with van der Waals surface area (Å²) in [6, 6.07) is 10.1. The van der Waals surface area contributed by atoms with E-state index >= 15 is 0 Å². The molecule has 3 rings (SSSR count). The number of nitrogen functional groups attached to an aromatic ring is 2. The van der Waals surface area contributed by atoms with E-state index in [0.29, 0.717) is 11.1 Å². The fourth-order valence-corrected chi connectivity index (χ4v) is 2.46. The van der Waals surface area contributed by atoms with E-state index in [1.54, 1.807) is 24.3 Å². The third-order valence-corrected chi connectivity index (χ3v) is 3.69. The van der Waals surface area contributed by atoms with Crippen molar-refractivity contribution in [2.75, 3.05) is 11.5 Å². The first-order valence-corrected chi connectivity index (χ1v) is 7.59. The van der Waals surface area contributed by atoms with Crippen molar-refractivity contribution in [3.8, 4) is 23.1 Å². The number of hydrogen-bond donors (Lipinski definition) is 2. The van der Waals surface area contributed by atoms with E-state index in [1.165, 1.54) is 0 Å². The van der Waals surface area contributed by atoms with Crippen molar-refractivity contribution >= 4 is 11.8 Å². The Hall–Kier alpha value is -3.80. The predicted octanol–water partition coefficient (Wildman–Crippen LogP) is 3.18. The number of rotatable bonds is 4. The van der Waals surface area contributed by atoms with Crippen molar-refractivity contribution < 1.29 is 17.9 Å². The van der Waals surface area contributed by atoms with Crippen LogP contribution in [0.5, 0.6) is 5.75 Å². The first-order chi connectivity index (χ1) is 12.9. The average Bonchev–Trinajstić information content (AvgIpc) is 2.64. The highest BCUT2D eigenvalue weighted by atomic mass is 19.2. The normalized spacial score (nSPS) is 10.4. The van der Waals surface area contributed by atoms with Gasteiger partial charge in [-0.3, -0.25) is 0 Å². The van der Waals surface area contributed by atoms with Crippen LogP contribution in [-0.2, 0) is 6.61 Å². The van der Waals surface area contributed by atoms with Crippen LogP contribution in [0.4, 0.5) is 24.9 Å². The van der Waals surface area contributed by atoms with Crippen LogP contribution in [0.1, 0.15) is 11.1 Å². The van der Waals surface area contributed by atoms with Gasteiger partial charge in [0, 0.05) is 17.7 Å². The standard InChI is InChI=1S/C18H12F3N5O/c19-13-5-10(6-14(20)15(13)21)27-8-9-3-1-2-4-11(9)16-12(7-22)17(23)26-18(24)25-16/h1-6H,8H2,(H4,23,24,25,26). The van der Waals surface area contributed by atoms with Gasteiger partial charge in [-0.15, -0.1) is 0 Å². The zero-order valence-electron chi connectivity index (χ0n) is 13.7.